The molecule has 1 aliphatic heterocycles. The lowest BCUT2D eigenvalue weighted by Gasteiger charge is -2.34. The summed E-state index contributed by atoms with van der Waals surface area (Å²) in [4.78, 5) is 19.6. The maximum atomic E-state index is 12.6. The van der Waals surface area contributed by atoms with Crippen LogP contribution in [0.5, 0.6) is 0 Å². The third-order valence-electron chi connectivity index (χ3n) is 5.30. The molecule has 2 aromatic heterocycles. The van der Waals surface area contributed by atoms with Gasteiger partial charge in [-0.05, 0) is 43.7 Å². The van der Waals surface area contributed by atoms with Crippen molar-refractivity contribution in [2.45, 2.75) is 31.6 Å². The molecular weight excluding hydrogens is 450 g/mol. The molecule has 1 amide bonds. The summed E-state index contributed by atoms with van der Waals surface area (Å²) in [5.74, 6) is 0.571. The number of aromatic nitrogens is 3. The molecule has 31 heavy (non-hydrogen) atoms. The molecule has 1 aliphatic rings. The van der Waals surface area contributed by atoms with E-state index in [1.807, 2.05) is 27.7 Å². The molecule has 3 aromatic rings. The molecule has 0 unspecified atom stereocenters. The number of thioether (sulfide) groups is 1. The molecule has 0 N–H and O–H groups in total. The molecule has 0 radical (unpaired) electrons. The monoisotopic (exact) mass is 475 g/mol. The minimum absolute atomic E-state index is 0.169. The summed E-state index contributed by atoms with van der Waals surface area (Å²) < 4.78 is 1.99. The lowest BCUT2D eigenvalue weighted by atomic mass is 10.2. The van der Waals surface area contributed by atoms with Gasteiger partial charge >= 0.3 is 0 Å². The molecule has 9 heteroatoms. The Morgan fingerprint density at radius 3 is 2.74 bits per heavy atom. The predicted molar refractivity (Wildman–Crippen MR) is 128 cm³/mol. The summed E-state index contributed by atoms with van der Waals surface area (Å²) in [6, 6.07) is 12.6. The van der Waals surface area contributed by atoms with Crippen molar-refractivity contribution >= 4 is 40.6 Å². The highest BCUT2D eigenvalue weighted by molar-refractivity contribution is 7.99. The maximum absolute atomic E-state index is 12.6. The van der Waals surface area contributed by atoms with Gasteiger partial charge in [-0.1, -0.05) is 35.5 Å². The SMILES string of the molecule is CC(C)n1cnnc1SCC(=O)N1CCN(Cc2ccc(-c3cccc(Cl)c3)s2)CC1. The standard InChI is InChI=1S/C22H26ClN5OS2/c1-16(2)28-15-24-25-22(28)30-14-21(29)27-10-8-26(9-11-27)13-19-6-7-20(31-19)17-4-3-5-18(23)12-17/h3-7,12,15-16H,8-11,13-14H2,1-2H3. The molecule has 4 rings (SSSR count). The van der Waals surface area contributed by atoms with Gasteiger partial charge in [-0.15, -0.1) is 21.5 Å². The maximum Gasteiger partial charge on any atom is 0.233 e. The van der Waals surface area contributed by atoms with Gasteiger partial charge in [0.1, 0.15) is 6.33 Å². The highest BCUT2D eigenvalue weighted by atomic mass is 35.5. The third-order valence-corrected chi connectivity index (χ3v) is 7.59. The van der Waals surface area contributed by atoms with Crippen LogP contribution in [0.2, 0.25) is 5.02 Å². The molecule has 0 spiro atoms. The van der Waals surface area contributed by atoms with Gasteiger partial charge in [-0.25, -0.2) is 0 Å². The number of hydrogen-bond donors (Lipinski definition) is 0. The summed E-state index contributed by atoms with van der Waals surface area (Å²) in [5, 5.41) is 9.66. The van der Waals surface area contributed by atoms with E-state index < -0.39 is 0 Å². The minimum Gasteiger partial charge on any atom is -0.339 e. The Hall–Kier alpha value is -1.87. The van der Waals surface area contributed by atoms with Gasteiger partial charge in [0, 0.05) is 53.5 Å². The van der Waals surface area contributed by atoms with Crippen molar-refractivity contribution in [3.8, 4) is 10.4 Å². The van der Waals surface area contributed by atoms with Gasteiger partial charge in [0.15, 0.2) is 5.16 Å². The topological polar surface area (TPSA) is 54.3 Å². The smallest absolute Gasteiger partial charge is 0.233 e. The highest BCUT2D eigenvalue weighted by Crippen LogP contribution is 2.30. The van der Waals surface area contributed by atoms with E-state index in [4.69, 9.17) is 11.6 Å². The van der Waals surface area contributed by atoms with E-state index in [0.717, 1.165) is 48.5 Å². The van der Waals surface area contributed by atoms with E-state index >= 15 is 0 Å². The number of rotatable bonds is 7. The molecule has 0 saturated carbocycles. The lowest BCUT2D eigenvalue weighted by molar-refractivity contribution is -0.130. The molecule has 0 aliphatic carbocycles. The molecule has 0 bridgehead atoms. The van der Waals surface area contributed by atoms with Gasteiger partial charge in [-0.3, -0.25) is 9.69 Å². The van der Waals surface area contributed by atoms with Crippen molar-refractivity contribution in [1.29, 1.82) is 0 Å². The van der Waals surface area contributed by atoms with Gasteiger partial charge in [-0.2, -0.15) is 0 Å². The zero-order valence-corrected chi connectivity index (χ0v) is 20.1. The van der Waals surface area contributed by atoms with E-state index in [-0.39, 0.29) is 11.9 Å². The number of benzene rings is 1. The van der Waals surface area contributed by atoms with Crippen LogP contribution in [0.4, 0.5) is 0 Å². The van der Waals surface area contributed by atoms with Crippen molar-refractivity contribution in [3.63, 3.8) is 0 Å². The molecule has 1 fully saturated rings. The molecular formula is C22H26ClN5OS2. The van der Waals surface area contributed by atoms with E-state index in [9.17, 15) is 4.79 Å². The van der Waals surface area contributed by atoms with Crippen molar-refractivity contribution in [3.05, 3.63) is 52.6 Å². The van der Waals surface area contributed by atoms with Gasteiger partial charge in [0.2, 0.25) is 5.91 Å². The van der Waals surface area contributed by atoms with Crippen LogP contribution in [0.3, 0.4) is 0 Å². The zero-order chi connectivity index (χ0) is 21.8. The Balaban J connectivity index is 1.25. The number of nitrogens with zero attached hydrogens (tertiary/aromatic N) is 5. The van der Waals surface area contributed by atoms with Crippen molar-refractivity contribution in [2.24, 2.45) is 0 Å². The molecule has 0 atom stereocenters. The fraction of sp³-hybridized carbons (Fsp3) is 0.409. The average Bonchev–Trinajstić information content (AvgIpc) is 3.42. The first-order chi connectivity index (χ1) is 15.0. The predicted octanol–water partition coefficient (Wildman–Crippen LogP) is 4.68. The van der Waals surface area contributed by atoms with Crippen LogP contribution in [0, 0.1) is 0 Å². The second-order valence-electron chi connectivity index (χ2n) is 7.84. The van der Waals surface area contributed by atoms with E-state index in [0.29, 0.717) is 5.75 Å². The van der Waals surface area contributed by atoms with Gasteiger partial charge in [0.05, 0.1) is 5.75 Å². The van der Waals surface area contributed by atoms with Crippen LogP contribution in [0.15, 0.2) is 47.9 Å². The first kappa shape index (κ1) is 22.3. The molecule has 6 nitrogen and oxygen atoms in total. The minimum atomic E-state index is 0.169. The average molecular weight is 476 g/mol. The number of carbonyl (C=O) groups excluding carboxylic acids is 1. The third kappa shape index (κ3) is 5.68. The Bertz CT molecular complexity index is 1030. The molecule has 3 heterocycles. The van der Waals surface area contributed by atoms with Crippen LogP contribution in [-0.2, 0) is 11.3 Å². The van der Waals surface area contributed by atoms with Gasteiger partial charge in [0.25, 0.3) is 0 Å². The van der Waals surface area contributed by atoms with Crippen LogP contribution in [0.25, 0.3) is 10.4 Å². The van der Waals surface area contributed by atoms with Crippen LogP contribution < -0.4 is 0 Å². The molecule has 1 aromatic carbocycles. The normalized spacial score (nSPS) is 15.0. The Morgan fingerprint density at radius 1 is 1.19 bits per heavy atom. The second kappa shape index (κ2) is 10.2. The number of piperazine rings is 1. The number of hydrogen-bond acceptors (Lipinski definition) is 6. The fourth-order valence-electron chi connectivity index (χ4n) is 3.54. The van der Waals surface area contributed by atoms with E-state index in [2.05, 4.69) is 47.1 Å². The summed E-state index contributed by atoms with van der Waals surface area (Å²) in [6.07, 6.45) is 1.72. The lowest BCUT2D eigenvalue weighted by Crippen LogP contribution is -2.48. The first-order valence-electron chi connectivity index (χ1n) is 10.4. The molecule has 1 saturated heterocycles. The number of halogens is 1. The quantitative estimate of drug-likeness (QED) is 0.464. The second-order valence-corrected chi connectivity index (χ2v) is 10.4. The van der Waals surface area contributed by atoms with Crippen LogP contribution in [-0.4, -0.2) is 62.4 Å². The highest BCUT2D eigenvalue weighted by Gasteiger charge is 2.22. The fourth-order valence-corrected chi connectivity index (χ4v) is 5.73. The van der Waals surface area contributed by atoms with Crippen LogP contribution >= 0.6 is 34.7 Å². The molecule has 164 valence electrons. The van der Waals surface area contributed by atoms with E-state index in [1.54, 1.807) is 17.7 Å². The Morgan fingerprint density at radius 2 is 2.00 bits per heavy atom. The summed E-state index contributed by atoms with van der Waals surface area (Å²) in [5.41, 5.74) is 1.16. The van der Waals surface area contributed by atoms with Crippen molar-refractivity contribution in [1.82, 2.24) is 24.6 Å². The number of carbonyl (C=O) groups is 1. The number of amides is 1. The van der Waals surface area contributed by atoms with E-state index in [1.165, 1.54) is 21.5 Å². The number of thiophene rings is 1. The Labute approximate surface area is 196 Å². The summed E-state index contributed by atoms with van der Waals surface area (Å²) in [6.45, 7) is 8.40. The summed E-state index contributed by atoms with van der Waals surface area (Å²) in [7, 11) is 0. The summed E-state index contributed by atoms with van der Waals surface area (Å²) >= 11 is 9.40. The van der Waals surface area contributed by atoms with Gasteiger partial charge < -0.3 is 9.47 Å². The van der Waals surface area contributed by atoms with Crippen LogP contribution in [0.1, 0.15) is 24.8 Å². The Kier molecular flexibility index (Phi) is 7.32. The largest absolute Gasteiger partial charge is 0.339 e. The first-order valence-corrected chi connectivity index (χ1v) is 12.5. The van der Waals surface area contributed by atoms with Crippen molar-refractivity contribution in [2.75, 3.05) is 31.9 Å². The zero-order valence-electron chi connectivity index (χ0n) is 17.7. The van der Waals surface area contributed by atoms with Crippen molar-refractivity contribution < 1.29 is 4.79 Å².